The van der Waals surface area contributed by atoms with Gasteiger partial charge in [0.1, 0.15) is 0 Å². The third kappa shape index (κ3) is 4.36. The second-order valence-corrected chi connectivity index (χ2v) is 4.45. The normalized spacial score (nSPS) is 12.5. The van der Waals surface area contributed by atoms with Crippen molar-refractivity contribution >= 4 is 5.69 Å². The second-order valence-electron chi connectivity index (χ2n) is 4.45. The Morgan fingerprint density at radius 1 is 1.35 bits per heavy atom. The fraction of sp³-hybridized carbons (Fsp3) is 0.571. The lowest BCUT2D eigenvalue weighted by atomic mass is 10.1. The zero-order chi connectivity index (χ0) is 12.7. The van der Waals surface area contributed by atoms with Gasteiger partial charge < -0.3 is 15.0 Å². The number of anilines is 1. The Balaban J connectivity index is 2.81. The van der Waals surface area contributed by atoms with Crippen molar-refractivity contribution in [3.63, 3.8) is 0 Å². The molecule has 0 radical (unpaired) electrons. The molecule has 1 unspecified atom stereocenters. The summed E-state index contributed by atoms with van der Waals surface area (Å²) >= 11 is 0. The molecule has 17 heavy (non-hydrogen) atoms. The Kier molecular flexibility index (Phi) is 6.01. The van der Waals surface area contributed by atoms with Crippen LogP contribution in [0.25, 0.3) is 0 Å². The number of benzene rings is 1. The minimum absolute atomic E-state index is 0.278. The molecule has 1 N–H and O–H groups in total. The molecule has 0 heterocycles. The Hall–Kier alpha value is -1.06. The Morgan fingerprint density at radius 2 is 2.12 bits per heavy atom. The zero-order valence-electron chi connectivity index (χ0n) is 11.4. The van der Waals surface area contributed by atoms with Gasteiger partial charge in [0.2, 0.25) is 0 Å². The summed E-state index contributed by atoms with van der Waals surface area (Å²) in [5.41, 5.74) is 2.51. The van der Waals surface area contributed by atoms with Gasteiger partial charge in [-0.3, -0.25) is 0 Å². The standard InChI is InChI=1S/C14H24N2O/c1-5-9-15-14(11-17-4)12-7-6-8-13(10-12)16(2)3/h6-8,10,14-15H,5,9,11H2,1-4H3. The lowest BCUT2D eigenvalue weighted by Crippen LogP contribution is -2.26. The minimum Gasteiger partial charge on any atom is -0.383 e. The molecule has 0 aliphatic carbocycles. The van der Waals surface area contributed by atoms with E-state index in [4.69, 9.17) is 4.74 Å². The van der Waals surface area contributed by atoms with Gasteiger partial charge in [-0.15, -0.1) is 0 Å². The van der Waals surface area contributed by atoms with Crippen molar-refractivity contribution in [1.29, 1.82) is 0 Å². The predicted octanol–water partition coefficient (Wildman–Crippen LogP) is 2.44. The van der Waals surface area contributed by atoms with Crippen LogP contribution in [0, 0.1) is 0 Å². The molecule has 1 rings (SSSR count). The van der Waals surface area contributed by atoms with Gasteiger partial charge in [-0.2, -0.15) is 0 Å². The van der Waals surface area contributed by atoms with Crippen molar-refractivity contribution in [1.82, 2.24) is 5.32 Å². The number of hydrogen-bond acceptors (Lipinski definition) is 3. The van der Waals surface area contributed by atoms with Gasteiger partial charge in [-0.05, 0) is 30.7 Å². The summed E-state index contributed by atoms with van der Waals surface area (Å²) in [6, 6.07) is 8.86. The maximum atomic E-state index is 5.28. The highest BCUT2D eigenvalue weighted by Crippen LogP contribution is 2.19. The number of nitrogens with zero attached hydrogens (tertiary/aromatic N) is 1. The van der Waals surface area contributed by atoms with E-state index in [1.165, 1.54) is 11.3 Å². The first-order valence-corrected chi connectivity index (χ1v) is 6.18. The van der Waals surface area contributed by atoms with Crippen LogP contribution in [0.15, 0.2) is 24.3 Å². The molecule has 1 aromatic carbocycles. The van der Waals surface area contributed by atoms with Crippen LogP contribution < -0.4 is 10.2 Å². The van der Waals surface area contributed by atoms with Crippen LogP contribution in [0.4, 0.5) is 5.69 Å². The summed E-state index contributed by atoms with van der Waals surface area (Å²) in [5.74, 6) is 0. The first-order valence-electron chi connectivity index (χ1n) is 6.18. The SMILES string of the molecule is CCCNC(COC)c1cccc(N(C)C)c1. The quantitative estimate of drug-likeness (QED) is 0.787. The van der Waals surface area contributed by atoms with E-state index < -0.39 is 0 Å². The molecule has 0 aliphatic heterocycles. The van der Waals surface area contributed by atoms with Crippen LogP contribution >= 0.6 is 0 Å². The van der Waals surface area contributed by atoms with Gasteiger partial charge in [0.15, 0.2) is 0 Å². The molecule has 0 aliphatic rings. The molecule has 0 amide bonds. The third-order valence-electron chi connectivity index (χ3n) is 2.76. The van der Waals surface area contributed by atoms with Gasteiger partial charge in [0.05, 0.1) is 12.6 Å². The summed E-state index contributed by atoms with van der Waals surface area (Å²) in [4.78, 5) is 2.12. The van der Waals surface area contributed by atoms with E-state index in [-0.39, 0.29) is 6.04 Å². The van der Waals surface area contributed by atoms with Gasteiger partial charge in [-0.1, -0.05) is 19.1 Å². The Morgan fingerprint density at radius 3 is 2.71 bits per heavy atom. The predicted molar refractivity (Wildman–Crippen MR) is 73.7 cm³/mol. The lowest BCUT2D eigenvalue weighted by Gasteiger charge is -2.20. The average Bonchev–Trinajstić information content (AvgIpc) is 2.34. The van der Waals surface area contributed by atoms with E-state index in [2.05, 4.69) is 55.5 Å². The van der Waals surface area contributed by atoms with Crippen molar-refractivity contribution in [3.8, 4) is 0 Å². The number of ether oxygens (including phenoxy) is 1. The topological polar surface area (TPSA) is 24.5 Å². The van der Waals surface area contributed by atoms with Crippen molar-refractivity contribution in [3.05, 3.63) is 29.8 Å². The first kappa shape index (κ1) is 14.0. The maximum absolute atomic E-state index is 5.28. The molecule has 0 saturated heterocycles. The highest BCUT2D eigenvalue weighted by molar-refractivity contribution is 5.47. The first-order chi connectivity index (χ1) is 8.19. The molecule has 1 aromatic rings. The highest BCUT2D eigenvalue weighted by Gasteiger charge is 2.10. The van der Waals surface area contributed by atoms with Gasteiger partial charge >= 0.3 is 0 Å². The van der Waals surface area contributed by atoms with E-state index in [9.17, 15) is 0 Å². The molecular formula is C14H24N2O. The average molecular weight is 236 g/mol. The minimum atomic E-state index is 0.278. The fourth-order valence-corrected chi connectivity index (χ4v) is 1.78. The summed E-state index contributed by atoms with van der Waals surface area (Å²) in [7, 11) is 5.87. The van der Waals surface area contributed by atoms with Gasteiger partial charge in [0, 0.05) is 26.9 Å². The van der Waals surface area contributed by atoms with Gasteiger partial charge in [0.25, 0.3) is 0 Å². The number of rotatable bonds is 7. The highest BCUT2D eigenvalue weighted by atomic mass is 16.5. The van der Waals surface area contributed by atoms with Crippen LogP contribution in [0.1, 0.15) is 24.9 Å². The molecular weight excluding hydrogens is 212 g/mol. The van der Waals surface area contributed by atoms with Crippen LogP contribution in [-0.2, 0) is 4.74 Å². The monoisotopic (exact) mass is 236 g/mol. The molecule has 0 spiro atoms. The third-order valence-corrected chi connectivity index (χ3v) is 2.76. The Bertz CT molecular complexity index is 326. The summed E-state index contributed by atoms with van der Waals surface area (Å²) in [6.07, 6.45) is 1.13. The summed E-state index contributed by atoms with van der Waals surface area (Å²) in [5, 5.41) is 3.51. The summed E-state index contributed by atoms with van der Waals surface area (Å²) in [6.45, 7) is 3.89. The second kappa shape index (κ2) is 7.30. The van der Waals surface area contributed by atoms with Crippen LogP contribution in [0.5, 0.6) is 0 Å². The van der Waals surface area contributed by atoms with Crippen LogP contribution in [0.3, 0.4) is 0 Å². The van der Waals surface area contributed by atoms with Crippen molar-refractivity contribution < 1.29 is 4.74 Å². The number of methoxy groups -OCH3 is 1. The molecule has 1 atom stereocenters. The van der Waals surface area contributed by atoms with Crippen molar-refractivity contribution in [2.75, 3.05) is 39.3 Å². The zero-order valence-corrected chi connectivity index (χ0v) is 11.4. The molecule has 0 fully saturated rings. The molecule has 3 nitrogen and oxygen atoms in total. The van der Waals surface area contributed by atoms with E-state index in [1.54, 1.807) is 7.11 Å². The van der Waals surface area contributed by atoms with E-state index in [0.29, 0.717) is 6.61 Å². The molecule has 0 saturated carbocycles. The maximum Gasteiger partial charge on any atom is 0.0657 e. The fourth-order valence-electron chi connectivity index (χ4n) is 1.78. The smallest absolute Gasteiger partial charge is 0.0657 e. The van der Waals surface area contributed by atoms with Crippen molar-refractivity contribution in [2.45, 2.75) is 19.4 Å². The largest absolute Gasteiger partial charge is 0.383 e. The summed E-state index contributed by atoms with van der Waals surface area (Å²) < 4.78 is 5.28. The van der Waals surface area contributed by atoms with Crippen molar-refractivity contribution in [2.24, 2.45) is 0 Å². The van der Waals surface area contributed by atoms with Crippen LogP contribution in [-0.4, -0.2) is 34.4 Å². The number of hydrogen-bond donors (Lipinski definition) is 1. The van der Waals surface area contributed by atoms with Gasteiger partial charge in [-0.25, -0.2) is 0 Å². The van der Waals surface area contributed by atoms with Crippen LogP contribution in [0.2, 0.25) is 0 Å². The van der Waals surface area contributed by atoms with E-state index >= 15 is 0 Å². The molecule has 3 heteroatoms. The number of nitrogens with one attached hydrogen (secondary N) is 1. The van der Waals surface area contributed by atoms with E-state index in [1.807, 2.05) is 0 Å². The lowest BCUT2D eigenvalue weighted by molar-refractivity contribution is 0.167. The Labute approximate surface area is 105 Å². The molecule has 0 aromatic heterocycles. The molecule has 96 valence electrons. The molecule has 0 bridgehead atoms. The van der Waals surface area contributed by atoms with E-state index in [0.717, 1.165) is 13.0 Å².